The molecule has 102 valence electrons. The van der Waals surface area contributed by atoms with Gasteiger partial charge in [-0.25, -0.2) is 4.79 Å². The van der Waals surface area contributed by atoms with E-state index in [1.807, 2.05) is 30.3 Å². The number of anilines is 1. The first-order valence-corrected chi connectivity index (χ1v) is 6.21. The Hall–Kier alpha value is -2.62. The highest BCUT2D eigenvalue weighted by Crippen LogP contribution is 2.12. The SMILES string of the molecule is COC(=O)c1cccc(NC(=O)Cc2ccccc2)c1. The van der Waals surface area contributed by atoms with Gasteiger partial charge in [-0.1, -0.05) is 36.4 Å². The van der Waals surface area contributed by atoms with Gasteiger partial charge in [-0.15, -0.1) is 0 Å². The number of ether oxygens (including phenoxy) is 1. The topological polar surface area (TPSA) is 55.4 Å². The van der Waals surface area contributed by atoms with Gasteiger partial charge in [0.15, 0.2) is 0 Å². The standard InChI is InChI=1S/C16H15NO3/c1-20-16(19)13-8-5-9-14(11-13)17-15(18)10-12-6-3-2-4-7-12/h2-9,11H,10H2,1H3,(H,17,18). The monoisotopic (exact) mass is 269 g/mol. The van der Waals surface area contributed by atoms with Crippen LogP contribution in [0.15, 0.2) is 54.6 Å². The summed E-state index contributed by atoms with van der Waals surface area (Å²) in [5.41, 5.74) is 1.92. The Balaban J connectivity index is 2.03. The molecule has 0 saturated carbocycles. The van der Waals surface area contributed by atoms with Gasteiger partial charge in [0.2, 0.25) is 5.91 Å². The van der Waals surface area contributed by atoms with E-state index >= 15 is 0 Å². The van der Waals surface area contributed by atoms with Crippen LogP contribution in [0.1, 0.15) is 15.9 Å². The van der Waals surface area contributed by atoms with Crippen LogP contribution in [-0.4, -0.2) is 19.0 Å². The molecule has 1 amide bonds. The van der Waals surface area contributed by atoms with Crippen LogP contribution in [0.4, 0.5) is 5.69 Å². The van der Waals surface area contributed by atoms with Crippen molar-refractivity contribution in [1.82, 2.24) is 0 Å². The van der Waals surface area contributed by atoms with E-state index < -0.39 is 5.97 Å². The molecule has 0 bridgehead atoms. The molecule has 0 aliphatic heterocycles. The predicted octanol–water partition coefficient (Wildman–Crippen LogP) is 2.65. The van der Waals surface area contributed by atoms with E-state index in [1.54, 1.807) is 24.3 Å². The van der Waals surface area contributed by atoms with Crippen LogP contribution in [0.25, 0.3) is 0 Å². The average Bonchev–Trinajstić information content (AvgIpc) is 2.47. The molecule has 2 aromatic rings. The second-order valence-corrected chi connectivity index (χ2v) is 4.28. The van der Waals surface area contributed by atoms with E-state index in [2.05, 4.69) is 10.1 Å². The maximum Gasteiger partial charge on any atom is 0.337 e. The summed E-state index contributed by atoms with van der Waals surface area (Å²) in [5, 5.41) is 2.76. The summed E-state index contributed by atoms with van der Waals surface area (Å²) in [5.74, 6) is -0.553. The molecule has 0 radical (unpaired) electrons. The molecule has 0 fully saturated rings. The fourth-order valence-corrected chi connectivity index (χ4v) is 1.83. The second-order valence-electron chi connectivity index (χ2n) is 4.28. The number of carbonyl (C=O) groups excluding carboxylic acids is 2. The quantitative estimate of drug-likeness (QED) is 0.868. The van der Waals surface area contributed by atoms with E-state index in [0.29, 0.717) is 17.7 Å². The lowest BCUT2D eigenvalue weighted by Crippen LogP contribution is -2.14. The number of nitrogens with one attached hydrogen (secondary N) is 1. The largest absolute Gasteiger partial charge is 0.465 e. The Morgan fingerprint density at radius 1 is 1.05 bits per heavy atom. The molecule has 2 rings (SSSR count). The van der Waals surface area contributed by atoms with Crippen LogP contribution in [0.3, 0.4) is 0 Å². The Morgan fingerprint density at radius 2 is 1.80 bits per heavy atom. The fourth-order valence-electron chi connectivity index (χ4n) is 1.83. The number of esters is 1. The van der Waals surface area contributed by atoms with Crippen LogP contribution in [0.2, 0.25) is 0 Å². The molecule has 20 heavy (non-hydrogen) atoms. The fraction of sp³-hybridized carbons (Fsp3) is 0.125. The molecule has 0 spiro atoms. The molecule has 4 heteroatoms. The van der Waals surface area contributed by atoms with Crippen molar-refractivity contribution in [1.29, 1.82) is 0 Å². The number of hydrogen-bond donors (Lipinski definition) is 1. The van der Waals surface area contributed by atoms with Crippen LogP contribution < -0.4 is 5.32 Å². The molecule has 0 unspecified atom stereocenters. The van der Waals surface area contributed by atoms with Crippen LogP contribution in [0, 0.1) is 0 Å². The first-order valence-electron chi connectivity index (χ1n) is 6.21. The van der Waals surface area contributed by atoms with Gasteiger partial charge < -0.3 is 10.1 Å². The lowest BCUT2D eigenvalue weighted by molar-refractivity contribution is -0.115. The normalized spacial score (nSPS) is 9.85. The summed E-state index contributed by atoms with van der Waals surface area (Å²) in [7, 11) is 1.32. The van der Waals surface area contributed by atoms with Gasteiger partial charge in [-0.2, -0.15) is 0 Å². The third-order valence-electron chi connectivity index (χ3n) is 2.77. The Labute approximate surface area is 117 Å². The third-order valence-corrected chi connectivity index (χ3v) is 2.77. The van der Waals surface area contributed by atoms with Gasteiger partial charge >= 0.3 is 5.97 Å². The molecule has 0 aliphatic rings. The van der Waals surface area contributed by atoms with Gasteiger partial charge in [0.05, 0.1) is 19.1 Å². The van der Waals surface area contributed by atoms with Crippen LogP contribution >= 0.6 is 0 Å². The molecule has 2 aromatic carbocycles. The zero-order valence-corrected chi connectivity index (χ0v) is 11.1. The second kappa shape index (κ2) is 6.52. The number of amides is 1. The molecule has 0 aliphatic carbocycles. The minimum absolute atomic E-state index is 0.127. The van der Waals surface area contributed by atoms with Crippen molar-refractivity contribution >= 4 is 17.6 Å². The number of carbonyl (C=O) groups is 2. The molecule has 4 nitrogen and oxygen atoms in total. The maximum atomic E-state index is 11.9. The summed E-state index contributed by atoms with van der Waals surface area (Å²) in [6.07, 6.45) is 0.295. The zero-order valence-electron chi connectivity index (χ0n) is 11.1. The summed E-state index contributed by atoms with van der Waals surface area (Å²) in [4.78, 5) is 23.3. The van der Waals surface area contributed by atoms with Crippen molar-refractivity contribution < 1.29 is 14.3 Å². The van der Waals surface area contributed by atoms with E-state index in [-0.39, 0.29) is 5.91 Å². The number of hydrogen-bond acceptors (Lipinski definition) is 3. The van der Waals surface area contributed by atoms with Crippen molar-refractivity contribution in [3.63, 3.8) is 0 Å². The van der Waals surface area contributed by atoms with Gasteiger partial charge in [0.1, 0.15) is 0 Å². The average molecular weight is 269 g/mol. The molecular formula is C16H15NO3. The Kier molecular flexibility index (Phi) is 4.50. The molecular weight excluding hydrogens is 254 g/mol. The summed E-state index contributed by atoms with van der Waals surface area (Å²) in [6, 6.07) is 16.1. The van der Waals surface area contributed by atoms with E-state index in [9.17, 15) is 9.59 Å². The number of methoxy groups -OCH3 is 1. The highest BCUT2D eigenvalue weighted by Gasteiger charge is 2.08. The lowest BCUT2D eigenvalue weighted by atomic mass is 10.1. The predicted molar refractivity (Wildman–Crippen MR) is 76.6 cm³/mol. The lowest BCUT2D eigenvalue weighted by Gasteiger charge is -2.07. The molecule has 0 aromatic heterocycles. The summed E-state index contributed by atoms with van der Waals surface area (Å²) < 4.78 is 4.64. The zero-order chi connectivity index (χ0) is 14.4. The molecule has 0 saturated heterocycles. The third kappa shape index (κ3) is 3.68. The summed E-state index contributed by atoms with van der Waals surface area (Å²) >= 11 is 0. The Bertz CT molecular complexity index is 608. The first kappa shape index (κ1) is 13.8. The highest BCUT2D eigenvalue weighted by molar-refractivity contribution is 5.95. The minimum Gasteiger partial charge on any atom is -0.465 e. The minimum atomic E-state index is -0.427. The highest BCUT2D eigenvalue weighted by atomic mass is 16.5. The van der Waals surface area contributed by atoms with Gasteiger partial charge in [0.25, 0.3) is 0 Å². The molecule has 1 N–H and O–H groups in total. The smallest absolute Gasteiger partial charge is 0.337 e. The van der Waals surface area contributed by atoms with E-state index in [0.717, 1.165) is 5.56 Å². The van der Waals surface area contributed by atoms with E-state index in [1.165, 1.54) is 7.11 Å². The first-order chi connectivity index (χ1) is 9.69. The van der Waals surface area contributed by atoms with Gasteiger partial charge in [-0.05, 0) is 23.8 Å². The van der Waals surface area contributed by atoms with Crippen molar-refractivity contribution in [3.05, 3.63) is 65.7 Å². The molecule has 0 heterocycles. The molecule has 0 atom stereocenters. The van der Waals surface area contributed by atoms with Gasteiger partial charge in [0, 0.05) is 5.69 Å². The number of rotatable bonds is 4. The van der Waals surface area contributed by atoms with Crippen molar-refractivity contribution in [2.75, 3.05) is 12.4 Å². The van der Waals surface area contributed by atoms with E-state index in [4.69, 9.17) is 0 Å². The maximum absolute atomic E-state index is 11.9. The van der Waals surface area contributed by atoms with Crippen molar-refractivity contribution in [3.8, 4) is 0 Å². The summed E-state index contributed by atoms with van der Waals surface area (Å²) in [6.45, 7) is 0. The number of benzene rings is 2. The van der Waals surface area contributed by atoms with Gasteiger partial charge in [-0.3, -0.25) is 4.79 Å². The van der Waals surface area contributed by atoms with Crippen molar-refractivity contribution in [2.24, 2.45) is 0 Å². The van der Waals surface area contributed by atoms with Crippen molar-refractivity contribution in [2.45, 2.75) is 6.42 Å². The van der Waals surface area contributed by atoms with Crippen LogP contribution in [0.5, 0.6) is 0 Å². The Morgan fingerprint density at radius 3 is 2.50 bits per heavy atom. The van der Waals surface area contributed by atoms with Crippen LogP contribution in [-0.2, 0) is 16.0 Å².